The van der Waals surface area contributed by atoms with Crippen LogP contribution in [-0.4, -0.2) is 51.7 Å². The molecule has 1 aliphatic heterocycles. The van der Waals surface area contributed by atoms with Crippen LogP contribution in [0.1, 0.15) is 35.2 Å². The van der Waals surface area contributed by atoms with Crippen LogP contribution < -0.4 is 4.74 Å². The number of hydrogen-bond donors (Lipinski definition) is 3. The summed E-state index contributed by atoms with van der Waals surface area (Å²) in [6.07, 6.45) is -2.73. The molecule has 5 nitrogen and oxygen atoms in total. The van der Waals surface area contributed by atoms with Gasteiger partial charge in [-0.05, 0) is 53.8 Å². The van der Waals surface area contributed by atoms with Gasteiger partial charge in [0.15, 0.2) is 0 Å². The van der Waals surface area contributed by atoms with Crippen LogP contribution in [0, 0.1) is 0 Å². The smallest absolute Gasteiger partial charge is 0.119 e. The first-order chi connectivity index (χ1) is 16.0. The third kappa shape index (κ3) is 5.57. The van der Waals surface area contributed by atoms with Crippen molar-refractivity contribution in [1.82, 2.24) is 4.90 Å². The Labute approximate surface area is 199 Å². The second kappa shape index (κ2) is 10.7. The van der Waals surface area contributed by atoms with E-state index in [1.165, 1.54) is 0 Å². The molecule has 4 atom stereocenters. The molecule has 1 saturated heterocycles. The summed E-state index contributed by atoms with van der Waals surface area (Å²) in [5.74, 6) is 0.829. The van der Waals surface area contributed by atoms with Crippen molar-refractivity contribution in [2.75, 3.05) is 13.2 Å². The second-order valence-corrected chi connectivity index (χ2v) is 8.92. The van der Waals surface area contributed by atoms with E-state index in [1.54, 1.807) is 0 Å². The third-order valence-electron chi connectivity index (χ3n) is 6.15. The molecule has 0 aromatic heterocycles. The summed E-state index contributed by atoms with van der Waals surface area (Å²) in [5.41, 5.74) is 3.96. The van der Waals surface area contributed by atoms with Crippen LogP contribution in [0.4, 0.5) is 0 Å². The number of hydrogen-bond acceptors (Lipinski definition) is 5. The summed E-state index contributed by atoms with van der Waals surface area (Å²) >= 11 is 6.53. The Morgan fingerprint density at radius 3 is 2.33 bits per heavy atom. The van der Waals surface area contributed by atoms with E-state index in [0.717, 1.165) is 28.0 Å². The number of likely N-dealkylation sites (tertiary alicyclic amines) is 1. The molecule has 1 fully saturated rings. The van der Waals surface area contributed by atoms with Gasteiger partial charge in [-0.25, -0.2) is 0 Å². The number of halogens is 1. The van der Waals surface area contributed by atoms with Gasteiger partial charge in [0.2, 0.25) is 0 Å². The molecule has 0 saturated carbocycles. The van der Waals surface area contributed by atoms with Crippen molar-refractivity contribution in [3.63, 3.8) is 0 Å². The Balaban J connectivity index is 1.62. The first-order valence-electron chi connectivity index (χ1n) is 11.3. The molecule has 0 amide bonds. The molecule has 6 heteroatoms. The molecule has 33 heavy (non-hydrogen) atoms. The van der Waals surface area contributed by atoms with Crippen molar-refractivity contribution < 1.29 is 20.1 Å². The van der Waals surface area contributed by atoms with Crippen LogP contribution in [-0.2, 0) is 13.0 Å². The molecule has 4 rings (SSSR count). The lowest BCUT2D eigenvalue weighted by atomic mass is 9.87. The van der Waals surface area contributed by atoms with E-state index in [2.05, 4.69) is 0 Å². The number of aliphatic hydroxyl groups excluding tert-OH is 3. The van der Waals surface area contributed by atoms with E-state index < -0.39 is 24.4 Å². The summed E-state index contributed by atoms with van der Waals surface area (Å²) in [4.78, 5) is 2.02. The van der Waals surface area contributed by atoms with Crippen molar-refractivity contribution in [3.8, 4) is 5.75 Å². The third-order valence-corrected chi connectivity index (χ3v) is 6.52. The standard InChI is InChI=1S/C27H30ClNO4/c1-2-33-22-11-8-18(9-12-22)14-21-15-20(10-13-23(21)28)25-27(32)26(31)24(30)17-29(25)16-19-6-4-3-5-7-19/h3-13,15,24-27,30-32H,2,14,16-17H2,1H3/t24-,25-,26-,27-/m1/s1. The predicted octanol–water partition coefficient (Wildman–Crippen LogP) is 3.97. The maximum absolute atomic E-state index is 10.9. The van der Waals surface area contributed by atoms with Crippen molar-refractivity contribution in [2.45, 2.75) is 44.2 Å². The quantitative estimate of drug-likeness (QED) is 0.490. The highest BCUT2D eigenvalue weighted by Crippen LogP contribution is 2.35. The van der Waals surface area contributed by atoms with Gasteiger partial charge in [-0.1, -0.05) is 66.2 Å². The molecule has 3 aromatic rings. The van der Waals surface area contributed by atoms with Crippen molar-refractivity contribution >= 4 is 11.6 Å². The van der Waals surface area contributed by atoms with E-state index in [-0.39, 0.29) is 6.54 Å². The molecular weight excluding hydrogens is 438 g/mol. The highest BCUT2D eigenvalue weighted by atomic mass is 35.5. The van der Waals surface area contributed by atoms with Gasteiger partial charge in [-0.15, -0.1) is 0 Å². The van der Waals surface area contributed by atoms with Crippen LogP contribution in [0.25, 0.3) is 0 Å². The van der Waals surface area contributed by atoms with Crippen molar-refractivity contribution in [2.24, 2.45) is 0 Å². The highest BCUT2D eigenvalue weighted by Gasteiger charge is 2.42. The number of β-amino-alcohol motifs (C(OH)–C–C–N with tert-alkyl or cyclic N) is 1. The lowest BCUT2D eigenvalue weighted by Crippen LogP contribution is -2.56. The van der Waals surface area contributed by atoms with Gasteiger partial charge in [0.1, 0.15) is 18.0 Å². The average Bonchev–Trinajstić information content (AvgIpc) is 2.82. The van der Waals surface area contributed by atoms with Crippen molar-refractivity contribution in [3.05, 3.63) is 100 Å². The normalized spacial score (nSPS) is 23.4. The SMILES string of the molecule is CCOc1ccc(Cc2cc([C@@H]3[C@@H](O)[C@H](O)[C@H](O)CN3Cc3ccccc3)ccc2Cl)cc1. The van der Waals surface area contributed by atoms with Gasteiger partial charge < -0.3 is 20.1 Å². The zero-order valence-corrected chi connectivity index (χ0v) is 19.4. The van der Waals surface area contributed by atoms with E-state index in [0.29, 0.717) is 24.6 Å². The fourth-order valence-electron chi connectivity index (χ4n) is 4.49. The van der Waals surface area contributed by atoms with E-state index in [9.17, 15) is 15.3 Å². The van der Waals surface area contributed by atoms with Crippen LogP contribution in [0.2, 0.25) is 5.02 Å². The summed E-state index contributed by atoms with van der Waals surface area (Å²) in [6.45, 7) is 3.38. The Morgan fingerprint density at radius 2 is 1.64 bits per heavy atom. The zero-order chi connectivity index (χ0) is 23.4. The van der Waals surface area contributed by atoms with Gasteiger partial charge in [-0.3, -0.25) is 4.90 Å². The first kappa shape index (κ1) is 23.7. The molecule has 1 heterocycles. The van der Waals surface area contributed by atoms with Gasteiger partial charge in [0.05, 0.1) is 18.8 Å². The van der Waals surface area contributed by atoms with E-state index >= 15 is 0 Å². The van der Waals surface area contributed by atoms with E-state index in [1.807, 2.05) is 84.6 Å². The molecule has 3 aromatic carbocycles. The molecule has 0 radical (unpaired) electrons. The molecule has 0 bridgehead atoms. The number of rotatable bonds is 7. The Morgan fingerprint density at radius 1 is 0.909 bits per heavy atom. The van der Waals surface area contributed by atoms with Crippen molar-refractivity contribution in [1.29, 1.82) is 0 Å². The lowest BCUT2D eigenvalue weighted by Gasteiger charge is -2.44. The minimum Gasteiger partial charge on any atom is -0.494 e. The average molecular weight is 468 g/mol. The molecular formula is C27H30ClNO4. The molecule has 1 aliphatic rings. The van der Waals surface area contributed by atoms with Crippen LogP contribution >= 0.6 is 11.6 Å². The second-order valence-electron chi connectivity index (χ2n) is 8.51. The fraction of sp³-hybridized carbons (Fsp3) is 0.333. The number of aliphatic hydroxyl groups is 3. The number of ether oxygens (including phenoxy) is 1. The largest absolute Gasteiger partial charge is 0.494 e. The van der Waals surface area contributed by atoms with E-state index in [4.69, 9.17) is 16.3 Å². The number of nitrogens with zero attached hydrogens (tertiary/aromatic N) is 1. The maximum atomic E-state index is 10.9. The maximum Gasteiger partial charge on any atom is 0.119 e. The minimum absolute atomic E-state index is 0.259. The summed E-state index contributed by atoms with van der Waals surface area (Å²) in [6, 6.07) is 23.1. The van der Waals surface area contributed by atoms with Crippen LogP contribution in [0.5, 0.6) is 5.75 Å². The molecule has 0 spiro atoms. The molecule has 0 unspecified atom stereocenters. The Kier molecular flexibility index (Phi) is 7.68. The zero-order valence-electron chi connectivity index (χ0n) is 18.6. The van der Waals surface area contributed by atoms with Gasteiger partial charge in [0, 0.05) is 18.1 Å². The summed E-state index contributed by atoms with van der Waals surface area (Å²) in [5, 5.41) is 32.3. The first-order valence-corrected chi connectivity index (χ1v) is 11.7. The topological polar surface area (TPSA) is 73.2 Å². The predicted molar refractivity (Wildman–Crippen MR) is 129 cm³/mol. The van der Waals surface area contributed by atoms with Crippen LogP contribution in [0.3, 0.4) is 0 Å². The van der Waals surface area contributed by atoms with Gasteiger partial charge >= 0.3 is 0 Å². The molecule has 3 N–H and O–H groups in total. The molecule has 174 valence electrons. The summed E-state index contributed by atoms with van der Waals surface area (Å²) in [7, 11) is 0. The van der Waals surface area contributed by atoms with Gasteiger partial charge in [-0.2, -0.15) is 0 Å². The molecule has 0 aliphatic carbocycles. The summed E-state index contributed by atoms with van der Waals surface area (Å²) < 4.78 is 5.52. The van der Waals surface area contributed by atoms with Crippen LogP contribution in [0.15, 0.2) is 72.8 Å². The monoisotopic (exact) mass is 467 g/mol. The van der Waals surface area contributed by atoms with Gasteiger partial charge in [0.25, 0.3) is 0 Å². The Hall–Kier alpha value is -2.41. The number of benzene rings is 3. The minimum atomic E-state index is -1.22. The lowest BCUT2D eigenvalue weighted by molar-refractivity contribution is -0.140. The highest BCUT2D eigenvalue weighted by molar-refractivity contribution is 6.31. The Bertz CT molecular complexity index is 1040. The number of piperidine rings is 1. The fourth-order valence-corrected chi connectivity index (χ4v) is 4.67.